The number of alkyl halides is 1. The number of benzene rings is 1. The highest BCUT2D eigenvalue weighted by Crippen LogP contribution is 2.54. The second kappa shape index (κ2) is 3.81. The minimum Gasteiger partial charge on any atom is -0.122 e. The highest BCUT2D eigenvalue weighted by Gasteiger charge is 2.44. The number of halogens is 1. The van der Waals surface area contributed by atoms with Gasteiger partial charge in [0, 0.05) is 15.5 Å². The lowest BCUT2D eigenvalue weighted by molar-refractivity contribution is 0.519. The summed E-state index contributed by atoms with van der Waals surface area (Å²) in [6.45, 7) is 0. The van der Waals surface area contributed by atoms with Crippen molar-refractivity contribution in [2.75, 3.05) is 5.33 Å². The molecule has 1 saturated carbocycles. The fourth-order valence-electron chi connectivity index (χ4n) is 2.42. The average molecular weight is 283 g/mol. The maximum Gasteiger partial charge on any atom is 0.0141 e. The van der Waals surface area contributed by atoms with Crippen molar-refractivity contribution >= 4 is 27.7 Å². The van der Waals surface area contributed by atoms with Gasteiger partial charge in [0.15, 0.2) is 0 Å². The van der Waals surface area contributed by atoms with Crippen LogP contribution in [0.3, 0.4) is 0 Å². The largest absolute Gasteiger partial charge is 0.122 e. The van der Waals surface area contributed by atoms with Crippen LogP contribution >= 0.6 is 27.7 Å². The molecule has 1 unspecified atom stereocenters. The first-order chi connectivity index (χ1) is 7.31. The van der Waals surface area contributed by atoms with Crippen molar-refractivity contribution in [2.24, 2.45) is 5.41 Å². The predicted molar refractivity (Wildman–Crippen MR) is 69.9 cm³/mol. The van der Waals surface area contributed by atoms with Crippen molar-refractivity contribution in [2.45, 2.75) is 35.8 Å². The molecule has 0 radical (unpaired) electrons. The van der Waals surface area contributed by atoms with Crippen LogP contribution in [0.5, 0.6) is 0 Å². The van der Waals surface area contributed by atoms with Gasteiger partial charge in [-0.15, -0.1) is 11.8 Å². The molecule has 0 aromatic heterocycles. The third-order valence-electron chi connectivity index (χ3n) is 3.62. The zero-order valence-corrected chi connectivity index (χ0v) is 11.1. The summed E-state index contributed by atoms with van der Waals surface area (Å²) in [6.07, 6.45) is 5.56. The third kappa shape index (κ3) is 1.99. The minimum atomic E-state index is 0.666. The van der Waals surface area contributed by atoms with Gasteiger partial charge in [0.2, 0.25) is 0 Å². The van der Waals surface area contributed by atoms with Crippen LogP contribution in [0.2, 0.25) is 0 Å². The number of thioether (sulfide) groups is 1. The molecular formula is C13H15BrS. The van der Waals surface area contributed by atoms with Crippen LogP contribution in [0, 0.1) is 5.41 Å². The molecule has 0 N–H and O–H groups in total. The van der Waals surface area contributed by atoms with Gasteiger partial charge in [-0.2, -0.15) is 0 Å². The summed E-state index contributed by atoms with van der Waals surface area (Å²) in [6, 6.07) is 8.88. The smallest absolute Gasteiger partial charge is 0.0141 e. The molecule has 0 nitrogen and oxygen atoms in total. The number of hydrogen-bond donors (Lipinski definition) is 0. The van der Waals surface area contributed by atoms with Crippen molar-refractivity contribution in [3.8, 4) is 0 Å². The van der Waals surface area contributed by atoms with E-state index in [1.165, 1.54) is 35.9 Å². The molecule has 0 amide bonds. The van der Waals surface area contributed by atoms with E-state index in [9.17, 15) is 0 Å². The van der Waals surface area contributed by atoms with Gasteiger partial charge in [-0.05, 0) is 42.7 Å². The van der Waals surface area contributed by atoms with Crippen molar-refractivity contribution < 1.29 is 0 Å². The lowest BCUT2D eigenvalue weighted by atomic mass is 9.99. The zero-order chi connectivity index (χ0) is 10.3. The zero-order valence-electron chi connectivity index (χ0n) is 8.71. The van der Waals surface area contributed by atoms with E-state index < -0.39 is 0 Å². The molecule has 80 valence electrons. The summed E-state index contributed by atoms with van der Waals surface area (Å²) >= 11 is 5.76. The summed E-state index contributed by atoms with van der Waals surface area (Å²) < 4.78 is 0. The lowest BCUT2D eigenvalue weighted by Gasteiger charge is -2.15. The Hall–Kier alpha value is 0.0500. The molecule has 1 heterocycles. The second-order valence-corrected chi connectivity index (χ2v) is 6.79. The summed E-state index contributed by atoms with van der Waals surface area (Å²) in [4.78, 5) is 1.52. The second-order valence-electron chi connectivity index (χ2n) is 4.89. The van der Waals surface area contributed by atoms with E-state index >= 15 is 0 Å². The molecule has 1 aromatic rings. The summed E-state index contributed by atoms with van der Waals surface area (Å²) in [5.74, 6) is 0. The van der Waals surface area contributed by atoms with E-state index in [-0.39, 0.29) is 0 Å². The summed E-state index contributed by atoms with van der Waals surface area (Å²) in [5.41, 5.74) is 2.23. The molecule has 3 rings (SSSR count). The summed E-state index contributed by atoms with van der Waals surface area (Å²) in [7, 11) is 0. The fraction of sp³-hybridized carbons (Fsp3) is 0.538. The normalized spacial score (nSPS) is 26.3. The highest BCUT2D eigenvalue weighted by atomic mass is 79.9. The fourth-order valence-corrected chi connectivity index (χ4v) is 4.73. The minimum absolute atomic E-state index is 0.666. The molecule has 15 heavy (non-hydrogen) atoms. The first kappa shape index (κ1) is 10.2. The van der Waals surface area contributed by atoms with Gasteiger partial charge >= 0.3 is 0 Å². The molecule has 0 saturated heterocycles. The Balaban J connectivity index is 1.69. The van der Waals surface area contributed by atoms with E-state index in [4.69, 9.17) is 0 Å². The Morgan fingerprint density at radius 1 is 1.33 bits per heavy atom. The predicted octanol–water partition coefficient (Wildman–Crippen LogP) is 4.27. The van der Waals surface area contributed by atoms with Crippen LogP contribution in [0.4, 0.5) is 0 Å². The van der Waals surface area contributed by atoms with Crippen LogP contribution < -0.4 is 0 Å². The van der Waals surface area contributed by atoms with Crippen molar-refractivity contribution in [3.05, 3.63) is 29.8 Å². The van der Waals surface area contributed by atoms with Gasteiger partial charge in [-0.25, -0.2) is 0 Å². The van der Waals surface area contributed by atoms with Crippen molar-refractivity contribution in [3.63, 3.8) is 0 Å². The molecular weight excluding hydrogens is 268 g/mol. The van der Waals surface area contributed by atoms with Gasteiger partial charge in [0.05, 0.1) is 0 Å². The Morgan fingerprint density at radius 3 is 2.80 bits per heavy atom. The Kier molecular flexibility index (Phi) is 2.60. The number of rotatable bonds is 3. The summed E-state index contributed by atoms with van der Waals surface area (Å²) in [5, 5.41) is 2.04. The Morgan fingerprint density at radius 2 is 2.13 bits per heavy atom. The van der Waals surface area contributed by atoms with Crippen LogP contribution in [0.1, 0.15) is 24.8 Å². The van der Waals surface area contributed by atoms with E-state index in [1.807, 2.05) is 0 Å². The highest BCUT2D eigenvalue weighted by molar-refractivity contribution is 9.09. The maximum absolute atomic E-state index is 3.67. The molecule has 2 aliphatic rings. The van der Waals surface area contributed by atoms with Crippen LogP contribution in [-0.4, -0.2) is 10.6 Å². The molecule has 0 spiro atoms. The molecule has 2 heteroatoms. The lowest BCUT2D eigenvalue weighted by Crippen LogP contribution is -2.12. The quantitative estimate of drug-likeness (QED) is 0.747. The molecule has 1 fully saturated rings. The van der Waals surface area contributed by atoms with Gasteiger partial charge in [-0.3, -0.25) is 0 Å². The standard InChI is InChI=1S/C13H15BrS/c14-9-13(5-6-13)8-11-7-10-3-1-2-4-12(10)15-11/h1-4,11H,5-9H2. The number of fused-ring (bicyclic) bond motifs is 1. The topological polar surface area (TPSA) is 0 Å². The van der Waals surface area contributed by atoms with Gasteiger partial charge in [0.25, 0.3) is 0 Å². The molecule has 1 atom stereocenters. The van der Waals surface area contributed by atoms with E-state index in [1.54, 1.807) is 5.56 Å². The van der Waals surface area contributed by atoms with Crippen LogP contribution in [0.25, 0.3) is 0 Å². The van der Waals surface area contributed by atoms with E-state index in [0.717, 1.165) is 5.25 Å². The van der Waals surface area contributed by atoms with Crippen LogP contribution in [-0.2, 0) is 6.42 Å². The van der Waals surface area contributed by atoms with E-state index in [0.29, 0.717) is 5.41 Å². The van der Waals surface area contributed by atoms with Gasteiger partial charge in [0.1, 0.15) is 0 Å². The molecule has 0 bridgehead atoms. The first-order valence-corrected chi connectivity index (χ1v) is 7.62. The molecule has 1 aliphatic carbocycles. The first-order valence-electron chi connectivity index (χ1n) is 5.62. The third-order valence-corrected chi connectivity index (χ3v) is 6.12. The average Bonchev–Trinajstić information content (AvgIpc) is 2.91. The Labute approximate surface area is 104 Å². The Bertz CT molecular complexity index is 346. The SMILES string of the molecule is BrCC1(CC2Cc3ccccc3S2)CC1. The van der Waals surface area contributed by atoms with Crippen molar-refractivity contribution in [1.82, 2.24) is 0 Å². The van der Waals surface area contributed by atoms with Gasteiger partial charge < -0.3 is 0 Å². The van der Waals surface area contributed by atoms with Crippen molar-refractivity contribution in [1.29, 1.82) is 0 Å². The monoisotopic (exact) mass is 282 g/mol. The van der Waals surface area contributed by atoms with Crippen LogP contribution in [0.15, 0.2) is 29.2 Å². The van der Waals surface area contributed by atoms with Gasteiger partial charge in [-0.1, -0.05) is 34.1 Å². The molecule has 1 aromatic carbocycles. The van der Waals surface area contributed by atoms with E-state index in [2.05, 4.69) is 52.0 Å². The number of hydrogen-bond acceptors (Lipinski definition) is 1. The maximum atomic E-state index is 3.67. The molecule has 1 aliphatic heterocycles.